The van der Waals surface area contributed by atoms with Crippen molar-refractivity contribution in [1.29, 1.82) is 0 Å². The summed E-state index contributed by atoms with van der Waals surface area (Å²) in [4.78, 5) is 36.4. The molecule has 1 aliphatic heterocycles. The standard InChI is InChI=1S/C29H29ClN4O6S/c1-29(2,28(31)38)34(41(3,39)40)21-11-9-20(10-12-21)32-26(18-6-4-5-17(15-18)7-14-24(35)36)25-22-13-8-19(30)16-23(22)33-27(25)37/h4-6,8-13,15-16,32H,7,14H2,1-3H3,(H2,31,38)(H,33,37)(H,35,36)/b26-25-. The van der Waals surface area contributed by atoms with E-state index in [1.165, 1.54) is 26.0 Å². The smallest absolute Gasteiger partial charge is 0.303 e. The summed E-state index contributed by atoms with van der Waals surface area (Å²) in [6.45, 7) is 2.84. The van der Waals surface area contributed by atoms with E-state index in [9.17, 15) is 22.8 Å². The van der Waals surface area contributed by atoms with Gasteiger partial charge in [-0.1, -0.05) is 35.9 Å². The summed E-state index contributed by atoms with van der Waals surface area (Å²) in [7, 11) is -3.88. The molecule has 12 heteroatoms. The van der Waals surface area contributed by atoms with Crippen LogP contribution in [0.3, 0.4) is 0 Å². The molecular formula is C29H29ClN4O6S. The number of aliphatic carboxylic acids is 1. The fourth-order valence-electron chi connectivity index (χ4n) is 4.66. The number of aryl methyl sites for hydroxylation is 1. The molecule has 1 aliphatic rings. The van der Waals surface area contributed by atoms with Crippen LogP contribution in [0, 0.1) is 0 Å². The maximum absolute atomic E-state index is 13.2. The van der Waals surface area contributed by atoms with Gasteiger partial charge in [-0.3, -0.25) is 18.7 Å². The fraction of sp³-hybridized carbons (Fsp3) is 0.207. The van der Waals surface area contributed by atoms with E-state index in [0.29, 0.717) is 45.2 Å². The second-order valence-electron chi connectivity index (χ2n) is 10.1. The number of nitrogens with two attached hydrogens (primary N) is 1. The molecule has 0 atom stereocenters. The van der Waals surface area contributed by atoms with Crippen molar-refractivity contribution >= 4 is 67.7 Å². The molecule has 0 saturated carbocycles. The van der Waals surface area contributed by atoms with E-state index in [-0.39, 0.29) is 18.0 Å². The Hall–Kier alpha value is -4.35. The summed E-state index contributed by atoms with van der Waals surface area (Å²) in [6, 6.07) is 18.6. The first-order chi connectivity index (χ1) is 19.2. The number of sulfonamides is 1. The largest absolute Gasteiger partial charge is 0.481 e. The zero-order valence-corrected chi connectivity index (χ0v) is 24.1. The first kappa shape index (κ1) is 29.6. The Morgan fingerprint density at radius 1 is 1.07 bits per heavy atom. The number of primary amides is 1. The Bertz CT molecular complexity index is 1680. The number of nitrogens with zero attached hydrogens (tertiary/aromatic N) is 1. The fourth-order valence-corrected chi connectivity index (χ4v) is 6.26. The lowest BCUT2D eigenvalue weighted by molar-refractivity contribution is -0.137. The number of fused-ring (bicyclic) bond motifs is 1. The van der Waals surface area contributed by atoms with Crippen molar-refractivity contribution in [2.24, 2.45) is 5.73 Å². The highest BCUT2D eigenvalue weighted by atomic mass is 35.5. The maximum atomic E-state index is 13.2. The molecule has 2 amide bonds. The summed E-state index contributed by atoms with van der Waals surface area (Å²) < 4.78 is 26.2. The lowest BCUT2D eigenvalue weighted by Crippen LogP contribution is -2.55. The number of amides is 2. The third-order valence-electron chi connectivity index (χ3n) is 6.63. The minimum atomic E-state index is -3.88. The van der Waals surface area contributed by atoms with Gasteiger partial charge in [-0.2, -0.15) is 0 Å². The van der Waals surface area contributed by atoms with Gasteiger partial charge in [0.25, 0.3) is 5.91 Å². The van der Waals surface area contributed by atoms with Crippen LogP contribution in [-0.4, -0.2) is 43.1 Å². The molecule has 0 radical (unpaired) electrons. The number of anilines is 3. The quantitative estimate of drug-likeness (QED) is 0.254. The summed E-state index contributed by atoms with van der Waals surface area (Å²) in [5.41, 5.74) is 8.11. The average Bonchev–Trinajstić information content (AvgIpc) is 3.20. The maximum Gasteiger partial charge on any atom is 0.303 e. The molecule has 0 aliphatic carbocycles. The Balaban J connectivity index is 1.81. The molecule has 0 bridgehead atoms. The number of halogens is 1. The second kappa shape index (κ2) is 11.3. The third-order valence-corrected chi connectivity index (χ3v) is 8.20. The van der Waals surface area contributed by atoms with E-state index in [1.54, 1.807) is 42.5 Å². The molecule has 0 saturated heterocycles. The predicted molar refractivity (Wildman–Crippen MR) is 160 cm³/mol. The molecule has 5 N–H and O–H groups in total. The summed E-state index contributed by atoms with van der Waals surface area (Å²) in [5, 5.41) is 15.7. The highest BCUT2D eigenvalue weighted by Crippen LogP contribution is 2.39. The van der Waals surface area contributed by atoms with Crippen LogP contribution in [0.1, 0.15) is 37.0 Å². The Kier molecular flexibility index (Phi) is 8.14. The van der Waals surface area contributed by atoms with Crippen LogP contribution in [0.4, 0.5) is 17.1 Å². The van der Waals surface area contributed by atoms with Gasteiger partial charge in [-0.15, -0.1) is 0 Å². The number of hydrogen-bond acceptors (Lipinski definition) is 6. The van der Waals surface area contributed by atoms with E-state index < -0.39 is 27.4 Å². The number of carbonyl (C=O) groups is 3. The number of rotatable bonds is 10. The van der Waals surface area contributed by atoms with Gasteiger partial charge in [-0.25, -0.2) is 8.42 Å². The molecule has 0 aromatic heterocycles. The van der Waals surface area contributed by atoms with E-state index in [2.05, 4.69) is 10.6 Å². The number of benzene rings is 3. The van der Waals surface area contributed by atoms with Crippen LogP contribution in [0.2, 0.25) is 5.02 Å². The van der Waals surface area contributed by atoms with E-state index >= 15 is 0 Å². The second-order valence-corrected chi connectivity index (χ2v) is 12.4. The summed E-state index contributed by atoms with van der Waals surface area (Å²) in [6.07, 6.45) is 1.24. The van der Waals surface area contributed by atoms with Gasteiger partial charge >= 0.3 is 5.97 Å². The normalized spacial score (nSPS) is 14.2. The van der Waals surface area contributed by atoms with Crippen LogP contribution in [0.15, 0.2) is 66.7 Å². The molecule has 10 nitrogen and oxygen atoms in total. The van der Waals surface area contributed by atoms with Gasteiger partial charge in [0.15, 0.2) is 0 Å². The topological polar surface area (TPSA) is 159 Å². The average molecular weight is 597 g/mol. The number of hydrogen-bond donors (Lipinski definition) is 4. The van der Waals surface area contributed by atoms with Crippen LogP contribution < -0.4 is 20.7 Å². The van der Waals surface area contributed by atoms with Crippen molar-refractivity contribution < 1.29 is 27.9 Å². The molecule has 3 aromatic carbocycles. The number of nitrogens with one attached hydrogen (secondary N) is 2. The van der Waals surface area contributed by atoms with Crippen LogP contribution in [-0.2, 0) is 30.8 Å². The highest BCUT2D eigenvalue weighted by Gasteiger charge is 2.39. The van der Waals surface area contributed by atoms with Crippen molar-refractivity contribution in [2.75, 3.05) is 21.2 Å². The Morgan fingerprint density at radius 2 is 1.76 bits per heavy atom. The Morgan fingerprint density at radius 3 is 2.37 bits per heavy atom. The molecule has 0 spiro atoms. The number of carboxylic acids is 1. The number of carboxylic acid groups (broad SMARTS) is 1. The molecule has 3 aromatic rings. The first-order valence-corrected chi connectivity index (χ1v) is 14.7. The van der Waals surface area contributed by atoms with Crippen LogP contribution in [0.5, 0.6) is 0 Å². The van der Waals surface area contributed by atoms with Gasteiger partial charge in [0.1, 0.15) is 5.54 Å². The lowest BCUT2D eigenvalue weighted by Gasteiger charge is -2.35. The molecule has 0 fully saturated rings. The van der Waals surface area contributed by atoms with Gasteiger partial charge in [0, 0.05) is 22.7 Å². The molecular weight excluding hydrogens is 568 g/mol. The van der Waals surface area contributed by atoms with Gasteiger partial charge < -0.3 is 21.5 Å². The molecule has 41 heavy (non-hydrogen) atoms. The molecule has 4 rings (SSSR count). The van der Waals surface area contributed by atoms with Crippen molar-refractivity contribution in [3.05, 3.63) is 88.4 Å². The predicted octanol–water partition coefficient (Wildman–Crippen LogP) is 4.32. The third kappa shape index (κ3) is 6.36. The molecule has 0 unspecified atom stereocenters. The molecule has 214 valence electrons. The van der Waals surface area contributed by atoms with Gasteiger partial charge in [0.2, 0.25) is 15.9 Å². The van der Waals surface area contributed by atoms with Gasteiger partial charge in [0.05, 0.1) is 28.9 Å². The zero-order chi connectivity index (χ0) is 30.1. The highest BCUT2D eigenvalue weighted by molar-refractivity contribution is 7.92. The monoisotopic (exact) mass is 596 g/mol. The van der Waals surface area contributed by atoms with E-state index in [0.717, 1.165) is 16.1 Å². The summed E-state index contributed by atoms with van der Waals surface area (Å²) in [5.74, 6) is -2.09. The van der Waals surface area contributed by atoms with Crippen molar-refractivity contribution in [2.45, 2.75) is 32.2 Å². The van der Waals surface area contributed by atoms with Crippen LogP contribution in [0.25, 0.3) is 11.3 Å². The van der Waals surface area contributed by atoms with E-state index in [1.807, 2.05) is 12.1 Å². The number of carbonyl (C=O) groups excluding carboxylic acids is 2. The first-order valence-electron chi connectivity index (χ1n) is 12.5. The zero-order valence-electron chi connectivity index (χ0n) is 22.6. The van der Waals surface area contributed by atoms with Gasteiger partial charge in [-0.05, 0) is 73.9 Å². The SMILES string of the molecule is CC(C)(C(N)=O)N(c1ccc(N/C(=C2\C(=O)Nc3cc(Cl)ccc32)c2cccc(CCC(=O)O)c2)cc1)S(C)(=O)=O. The lowest BCUT2D eigenvalue weighted by atomic mass is 9.97. The summed E-state index contributed by atoms with van der Waals surface area (Å²) >= 11 is 6.14. The van der Waals surface area contributed by atoms with Crippen molar-refractivity contribution in [3.8, 4) is 0 Å². The van der Waals surface area contributed by atoms with Crippen molar-refractivity contribution in [3.63, 3.8) is 0 Å². The molecule has 1 heterocycles. The van der Waals surface area contributed by atoms with Crippen LogP contribution >= 0.6 is 11.6 Å². The minimum Gasteiger partial charge on any atom is -0.481 e. The Labute approximate surface area is 242 Å². The van der Waals surface area contributed by atoms with Crippen molar-refractivity contribution in [1.82, 2.24) is 0 Å². The van der Waals surface area contributed by atoms with E-state index in [4.69, 9.17) is 22.4 Å². The minimum absolute atomic E-state index is 0.0510.